The molecule has 1 aliphatic heterocycles. The van der Waals surface area contributed by atoms with Crippen molar-refractivity contribution in [2.45, 2.75) is 33.7 Å². The van der Waals surface area contributed by atoms with Crippen LogP contribution in [-0.4, -0.2) is 28.5 Å². The lowest BCUT2D eigenvalue weighted by Gasteiger charge is -2.23. The Kier molecular flexibility index (Phi) is 3.84. The van der Waals surface area contributed by atoms with E-state index in [1.165, 1.54) is 0 Å². The zero-order chi connectivity index (χ0) is 17.6. The summed E-state index contributed by atoms with van der Waals surface area (Å²) in [7, 11) is 0. The Morgan fingerprint density at radius 3 is 1.83 bits per heavy atom. The van der Waals surface area contributed by atoms with Gasteiger partial charge < -0.3 is 0 Å². The second-order valence-corrected chi connectivity index (χ2v) is 6.34. The first-order valence-electron chi connectivity index (χ1n) is 7.92. The molecule has 24 heavy (non-hydrogen) atoms. The van der Waals surface area contributed by atoms with Crippen LogP contribution in [0.4, 0.5) is 0 Å². The normalized spacial score (nSPS) is 14.8. The molecular formula is C20H19NO3. The number of rotatable bonds is 3. The van der Waals surface area contributed by atoms with Crippen molar-refractivity contribution >= 4 is 17.6 Å². The van der Waals surface area contributed by atoms with Gasteiger partial charge >= 0.3 is 0 Å². The van der Waals surface area contributed by atoms with Gasteiger partial charge in [0.15, 0.2) is 5.78 Å². The molecule has 3 rings (SSSR count). The third kappa shape index (κ3) is 2.35. The maximum atomic E-state index is 13.0. The number of amides is 2. The van der Waals surface area contributed by atoms with Crippen LogP contribution in [0, 0.1) is 20.8 Å². The fourth-order valence-corrected chi connectivity index (χ4v) is 3.45. The van der Waals surface area contributed by atoms with Crippen LogP contribution < -0.4 is 0 Å². The molecule has 2 aromatic rings. The van der Waals surface area contributed by atoms with Gasteiger partial charge in [-0.2, -0.15) is 0 Å². The van der Waals surface area contributed by atoms with Gasteiger partial charge in [0, 0.05) is 5.56 Å². The highest BCUT2D eigenvalue weighted by Gasteiger charge is 2.41. The largest absolute Gasteiger partial charge is 0.292 e. The highest BCUT2D eigenvalue weighted by atomic mass is 16.2. The van der Waals surface area contributed by atoms with Gasteiger partial charge in [-0.05, 0) is 51.0 Å². The monoisotopic (exact) mass is 321 g/mol. The van der Waals surface area contributed by atoms with E-state index in [0.717, 1.165) is 21.6 Å². The van der Waals surface area contributed by atoms with Crippen molar-refractivity contribution < 1.29 is 14.4 Å². The molecule has 0 spiro atoms. The number of ketones is 1. The molecule has 0 fully saturated rings. The van der Waals surface area contributed by atoms with Crippen molar-refractivity contribution in [2.75, 3.05) is 0 Å². The molecule has 0 aromatic heterocycles. The average molecular weight is 321 g/mol. The Morgan fingerprint density at radius 1 is 0.917 bits per heavy atom. The molecule has 2 aromatic carbocycles. The highest BCUT2D eigenvalue weighted by molar-refractivity contribution is 6.23. The first kappa shape index (κ1) is 16.1. The minimum Gasteiger partial charge on any atom is -0.292 e. The van der Waals surface area contributed by atoms with Crippen molar-refractivity contribution in [3.05, 3.63) is 69.8 Å². The molecule has 0 radical (unpaired) electrons. The smallest absolute Gasteiger partial charge is 0.262 e. The fourth-order valence-electron chi connectivity index (χ4n) is 3.45. The summed E-state index contributed by atoms with van der Waals surface area (Å²) in [5, 5.41) is 0. The van der Waals surface area contributed by atoms with Gasteiger partial charge in [-0.15, -0.1) is 0 Å². The highest BCUT2D eigenvalue weighted by Crippen LogP contribution is 2.27. The third-order valence-electron chi connectivity index (χ3n) is 4.52. The molecule has 4 nitrogen and oxygen atoms in total. The lowest BCUT2D eigenvalue weighted by atomic mass is 9.93. The molecule has 0 saturated heterocycles. The topological polar surface area (TPSA) is 54.5 Å². The number of imide groups is 1. The minimum atomic E-state index is -0.836. The summed E-state index contributed by atoms with van der Waals surface area (Å²) in [5.41, 5.74) is 4.11. The summed E-state index contributed by atoms with van der Waals surface area (Å²) >= 11 is 0. The molecular weight excluding hydrogens is 302 g/mol. The van der Waals surface area contributed by atoms with Crippen molar-refractivity contribution in [2.24, 2.45) is 0 Å². The number of fused-ring (bicyclic) bond motifs is 1. The van der Waals surface area contributed by atoms with E-state index < -0.39 is 17.9 Å². The van der Waals surface area contributed by atoms with Crippen LogP contribution >= 0.6 is 0 Å². The molecule has 4 heteroatoms. The maximum Gasteiger partial charge on any atom is 0.262 e. The Hall–Kier alpha value is -2.75. The van der Waals surface area contributed by atoms with Gasteiger partial charge in [-0.1, -0.05) is 29.8 Å². The van der Waals surface area contributed by atoms with Crippen molar-refractivity contribution in [3.63, 3.8) is 0 Å². The van der Waals surface area contributed by atoms with E-state index in [9.17, 15) is 14.4 Å². The number of hydrogen-bond acceptors (Lipinski definition) is 3. The summed E-state index contributed by atoms with van der Waals surface area (Å²) in [5.74, 6) is -1.02. The predicted molar refractivity (Wildman–Crippen MR) is 91.4 cm³/mol. The Balaban J connectivity index is 1.99. The van der Waals surface area contributed by atoms with Crippen molar-refractivity contribution in [3.8, 4) is 0 Å². The van der Waals surface area contributed by atoms with E-state index in [0.29, 0.717) is 16.7 Å². The number of hydrogen-bond donors (Lipinski definition) is 0. The van der Waals surface area contributed by atoms with Crippen LogP contribution in [0.15, 0.2) is 36.4 Å². The Bertz CT molecular complexity index is 824. The van der Waals surface area contributed by atoms with Crippen LogP contribution in [0.2, 0.25) is 0 Å². The zero-order valence-electron chi connectivity index (χ0n) is 14.2. The van der Waals surface area contributed by atoms with E-state index in [2.05, 4.69) is 0 Å². The van der Waals surface area contributed by atoms with Gasteiger partial charge in [0.05, 0.1) is 11.1 Å². The Labute approximate surface area is 141 Å². The molecule has 1 atom stereocenters. The van der Waals surface area contributed by atoms with Gasteiger partial charge in [-0.3, -0.25) is 19.3 Å². The number of Topliss-reactive ketones (excluding diaryl/α,β-unsaturated/α-hetero) is 1. The van der Waals surface area contributed by atoms with E-state index >= 15 is 0 Å². The minimum absolute atomic E-state index is 0.209. The summed E-state index contributed by atoms with van der Waals surface area (Å²) < 4.78 is 0. The molecule has 0 saturated carbocycles. The molecule has 122 valence electrons. The van der Waals surface area contributed by atoms with Gasteiger partial charge in [-0.25, -0.2) is 0 Å². The SMILES string of the molecule is Cc1cc(C)c(C(=O)[C@H](C)N2C(=O)c3ccccc3C2=O)c(C)c1. The quantitative estimate of drug-likeness (QED) is 0.642. The lowest BCUT2D eigenvalue weighted by molar-refractivity contribution is 0.0554. The Morgan fingerprint density at radius 2 is 1.38 bits per heavy atom. The number of aryl methyl sites for hydroxylation is 3. The number of carbonyl (C=O) groups excluding carboxylic acids is 3. The summed E-state index contributed by atoms with van der Waals surface area (Å²) in [4.78, 5) is 39.2. The lowest BCUT2D eigenvalue weighted by Crippen LogP contribution is -2.43. The summed E-state index contributed by atoms with van der Waals surface area (Å²) in [6, 6.07) is 9.72. The zero-order valence-corrected chi connectivity index (χ0v) is 14.2. The first-order valence-corrected chi connectivity index (χ1v) is 7.92. The van der Waals surface area contributed by atoms with E-state index in [-0.39, 0.29) is 5.78 Å². The van der Waals surface area contributed by atoms with E-state index in [1.807, 2.05) is 32.9 Å². The summed E-state index contributed by atoms with van der Waals surface area (Å²) in [6.07, 6.45) is 0. The number of nitrogens with zero attached hydrogens (tertiary/aromatic N) is 1. The molecule has 2 amide bonds. The van der Waals surface area contributed by atoms with E-state index in [4.69, 9.17) is 0 Å². The molecule has 1 aliphatic rings. The second-order valence-electron chi connectivity index (χ2n) is 6.34. The predicted octanol–water partition coefficient (Wildman–Crippen LogP) is 3.48. The molecule has 0 N–H and O–H groups in total. The van der Waals surface area contributed by atoms with Crippen molar-refractivity contribution in [1.82, 2.24) is 4.90 Å². The van der Waals surface area contributed by atoms with Crippen molar-refractivity contribution in [1.29, 1.82) is 0 Å². The number of benzene rings is 2. The molecule has 0 aliphatic carbocycles. The van der Waals surface area contributed by atoms with Crippen LogP contribution in [-0.2, 0) is 0 Å². The second kappa shape index (κ2) is 5.71. The summed E-state index contributed by atoms with van der Waals surface area (Å²) in [6.45, 7) is 7.34. The third-order valence-corrected chi connectivity index (χ3v) is 4.52. The van der Waals surface area contributed by atoms with Gasteiger partial charge in [0.1, 0.15) is 6.04 Å². The van der Waals surface area contributed by atoms with Gasteiger partial charge in [0.25, 0.3) is 11.8 Å². The molecule has 1 heterocycles. The van der Waals surface area contributed by atoms with Crippen LogP contribution in [0.25, 0.3) is 0 Å². The number of carbonyl (C=O) groups is 3. The van der Waals surface area contributed by atoms with Crippen LogP contribution in [0.1, 0.15) is 54.7 Å². The fraction of sp³-hybridized carbons (Fsp3) is 0.250. The standard InChI is InChI=1S/C20H19NO3/c1-11-9-12(2)17(13(3)10-11)18(22)14(4)21-19(23)15-7-5-6-8-16(15)20(21)24/h5-10,14H,1-4H3/t14-/m0/s1. The molecule has 0 unspecified atom stereocenters. The maximum absolute atomic E-state index is 13.0. The average Bonchev–Trinajstić information content (AvgIpc) is 2.77. The molecule has 0 bridgehead atoms. The van der Waals surface area contributed by atoms with Crippen LogP contribution in [0.3, 0.4) is 0 Å². The van der Waals surface area contributed by atoms with Crippen LogP contribution in [0.5, 0.6) is 0 Å². The van der Waals surface area contributed by atoms with E-state index in [1.54, 1.807) is 31.2 Å². The van der Waals surface area contributed by atoms with Gasteiger partial charge in [0.2, 0.25) is 0 Å². The first-order chi connectivity index (χ1) is 11.3.